The number of hydrogen-bond acceptors (Lipinski definition) is 3. The zero-order valence-corrected chi connectivity index (χ0v) is 11.4. The third-order valence-electron chi connectivity index (χ3n) is 2.99. The molecule has 0 aliphatic rings. The van der Waals surface area contributed by atoms with Crippen molar-refractivity contribution in [3.8, 4) is 0 Å². The van der Waals surface area contributed by atoms with Gasteiger partial charge >= 0.3 is 0 Å². The second-order valence-corrected chi connectivity index (χ2v) is 4.42. The van der Waals surface area contributed by atoms with Crippen LogP contribution in [0.2, 0.25) is 0 Å². The Kier molecular flexibility index (Phi) is 6.86. The van der Waals surface area contributed by atoms with Gasteiger partial charge in [-0.2, -0.15) is 0 Å². The fourth-order valence-electron chi connectivity index (χ4n) is 1.87. The lowest BCUT2D eigenvalue weighted by Gasteiger charge is -2.27. The summed E-state index contributed by atoms with van der Waals surface area (Å²) in [6.07, 6.45) is 0. The summed E-state index contributed by atoms with van der Waals surface area (Å²) in [5.74, 6) is -0.149. The summed E-state index contributed by atoms with van der Waals surface area (Å²) in [6.45, 7) is 5.06. The normalized spacial score (nSPS) is 12.9. The second-order valence-electron chi connectivity index (χ2n) is 4.42. The molecule has 1 unspecified atom stereocenters. The summed E-state index contributed by atoms with van der Waals surface area (Å²) < 4.78 is 18.8. The highest BCUT2D eigenvalue weighted by molar-refractivity contribution is 5.17. The maximum atomic E-state index is 13.6. The fourth-order valence-corrected chi connectivity index (χ4v) is 1.87. The van der Waals surface area contributed by atoms with Crippen LogP contribution in [-0.2, 0) is 11.3 Å². The van der Waals surface area contributed by atoms with E-state index in [2.05, 4.69) is 17.1 Å². The number of rotatable bonds is 8. The van der Waals surface area contributed by atoms with Crippen LogP contribution in [-0.4, -0.2) is 44.8 Å². The number of nitrogens with zero attached hydrogens (tertiary/aromatic N) is 1. The van der Waals surface area contributed by atoms with Crippen LogP contribution in [0.15, 0.2) is 24.3 Å². The Balaban J connectivity index is 2.60. The van der Waals surface area contributed by atoms with E-state index in [1.807, 2.05) is 19.2 Å². The molecular formula is C14H23FN2O. The lowest BCUT2D eigenvalue weighted by atomic mass is 10.1. The molecule has 1 N–H and O–H groups in total. The maximum Gasteiger partial charge on any atom is 0.127 e. The van der Waals surface area contributed by atoms with Crippen molar-refractivity contribution in [1.82, 2.24) is 10.2 Å². The molecule has 1 rings (SSSR count). The van der Waals surface area contributed by atoms with E-state index in [4.69, 9.17) is 4.74 Å². The molecule has 0 aromatic heterocycles. The molecule has 0 aliphatic carbocycles. The molecular weight excluding hydrogens is 231 g/mol. The SMILES string of the molecule is CCNCC(COC)N(C)Cc1ccccc1F. The molecule has 102 valence electrons. The molecule has 3 nitrogen and oxygen atoms in total. The van der Waals surface area contributed by atoms with E-state index in [9.17, 15) is 4.39 Å². The Hall–Kier alpha value is -0.970. The third-order valence-corrected chi connectivity index (χ3v) is 2.99. The van der Waals surface area contributed by atoms with E-state index in [1.165, 1.54) is 6.07 Å². The number of nitrogens with one attached hydrogen (secondary N) is 1. The van der Waals surface area contributed by atoms with Crippen LogP contribution in [0.1, 0.15) is 12.5 Å². The number of likely N-dealkylation sites (N-methyl/N-ethyl adjacent to an activating group) is 2. The van der Waals surface area contributed by atoms with Crippen molar-refractivity contribution in [2.24, 2.45) is 0 Å². The van der Waals surface area contributed by atoms with Crippen LogP contribution < -0.4 is 5.32 Å². The first-order valence-corrected chi connectivity index (χ1v) is 6.32. The van der Waals surface area contributed by atoms with Gasteiger partial charge < -0.3 is 10.1 Å². The summed E-state index contributed by atoms with van der Waals surface area (Å²) in [6, 6.07) is 7.14. The van der Waals surface area contributed by atoms with Crippen molar-refractivity contribution < 1.29 is 9.13 Å². The second kappa shape index (κ2) is 8.19. The van der Waals surface area contributed by atoms with Gasteiger partial charge in [-0.15, -0.1) is 0 Å². The van der Waals surface area contributed by atoms with E-state index in [0.29, 0.717) is 13.2 Å². The summed E-state index contributed by atoms with van der Waals surface area (Å²) in [7, 11) is 3.68. The first kappa shape index (κ1) is 15.1. The molecule has 0 saturated carbocycles. The molecule has 0 fully saturated rings. The highest BCUT2D eigenvalue weighted by atomic mass is 19.1. The molecule has 0 bridgehead atoms. The predicted octanol–water partition coefficient (Wildman–Crippen LogP) is 1.88. The fraction of sp³-hybridized carbons (Fsp3) is 0.571. The molecule has 0 saturated heterocycles. The van der Waals surface area contributed by atoms with Gasteiger partial charge in [0, 0.05) is 31.8 Å². The Morgan fingerprint density at radius 2 is 2.11 bits per heavy atom. The van der Waals surface area contributed by atoms with E-state index in [-0.39, 0.29) is 11.9 Å². The van der Waals surface area contributed by atoms with Crippen LogP contribution in [0.4, 0.5) is 4.39 Å². The maximum absolute atomic E-state index is 13.6. The number of methoxy groups -OCH3 is 1. The van der Waals surface area contributed by atoms with Crippen LogP contribution in [0.3, 0.4) is 0 Å². The molecule has 0 spiro atoms. The lowest BCUT2D eigenvalue weighted by molar-refractivity contribution is 0.101. The van der Waals surface area contributed by atoms with Gasteiger partial charge in [-0.1, -0.05) is 25.1 Å². The van der Waals surface area contributed by atoms with Crippen LogP contribution >= 0.6 is 0 Å². The standard InChI is InChI=1S/C14H23FN2O/c1-4-16-9-13(11-18-3)17(2)10-12-7-5-6-8-14(12)15/h5-8,13,16H,4,9-11H2,1-3H3. The van der Waals surface area contributed by atoms with Crippen LogP contribution in [0, 0.1) is 5.82 Å². The smallest absolute Gasteiger partial charge is 0.127 e. The van der Waals surface area contributed by atoms with E-state index < -0.39 is 0 Å². The van der Waals surface area contributed by atoms with Gasteiger partial charge in [0.15, 0.2) is 0 Å². The summed E-state index contributed by atoms with van der Waals surface area (Å²) in [5.41, 5.74) is 0.720. The largest absolute Gasteiger partial charge is 0.383 e. The van der Waals surface area contributed by atoms with Gasteiger partial charge in [-0.05, 0) is 19.7 Å². The van der Waals surface area contributed by atoms with Crippen molar-refractivity contribution in [3.05, 3.63) is 35.6 Å². The van der Waals surface area contributed by atoms with Gasteiger partial charge in [0.25, 0.3) is 0 Å². The van der Waals surface area contributed by atoms with Gasteiger partial charge in [-0.3, -0.25) is 4.90 Å². The average molecular weight is 254 g/mol. The Morgan fingerprint density at radius 3 is 2.72 bits per heavy atom. The zero-order chi connectivity index (χ0) is 13.4. The van der Waals surface area contributed by atoms with Crippen molar-refractivity contribution in [2.75, 3.05) is 33.9 Å². The topological polar surface area (TPSA) is 24.5 Å². The van der Waals surface area contributed by atoms with Gasteiger partial charge in [0.2, 0.25) is 0 Å². The van der Waals surface area contributed by atoms with E-state index >= 15 is 0 Å². The molecule has 0 radical (unpaired) electrons. The van der Waals surface area contributed by atoms with E-state index in [1.54, 1.807) is 13.2 Å². The van der Waals surface area contributed by atoms with Crippen LogP contribution in [0.25, 0.3) is 0 Å². The minimum absolute atomic E-state index is 0.149. The number of ether oxygens (including phenoxy) is 1. The predicted molar refractivity (Wildman–Crippen MR) is 72.1 cm³/mol. The first-order chi connectivity index (χ1) is 8.69. The molecule has 0 aliphatic heterocycles. The average Bonchev–Trinajstić information content (AvgIpc) is 2.37. The van der Waals surface area contributed by atoms with Crippen molar-refractivity contribution in [2.45, 2.75) is 19.5 Å². The molecule has 18 heavy (non-hydrogen) atoms. The highest BCUT2D eigenvalue weighted by Crippen LogP contribution is 2.10. The Labute approximate surface area is 109 Å². The van der Waals surface area contributed by atoms with Gasteiger partial charge in [0.1, 0.15) is 5.82 Å². The highest BCUT2D eigenvalue weighted by Gasteiger charge is 2.15. The van der Waals surface area contributed by atoms with Gasteiger partial charge in [-0.25, -0.2) is 4.39 Å². The number of benzene rings is 1. The molecule has 1 atom stereocenters. The Bertz CT molecular complexity index is 346. The molecule has 1 aromatic rings. The number of hydrogen-bond donors (Lipinski definition) is 1. The van der Waals surface area contributed by atoms with Crippen LogP contribution in [0.5, 0.6) is 0 Å². The summed E-state index contributed by atoms with van der Waals surface area (Å²) in [5, 5.41) is 3.30. The molecule has 4 heteroatoms. The van der Waals surface area contributed by atoms with E-state index in [0.717, 1.165) is 18.7 Å². The minimum Gasteiger partial charge on any atom is -0.383 e. The number of halogens is 1. The molecule has 0 amide bonds. The minimum atomic E-state index is -0.149. The quantitative estimate of drug-likeness (QED) is 0.766. The Morgan fingerprint density at radius 1 is 1.39 bits per heavy atom. The third kappa shape index (κ3) is 4.72. The van der Waals surface area contributed by atoms with Crippen molar-refractivity contribution in [3.63, 3.8) is 0 Å². The molecule has 1 aromatic carbocycles. The van der Waals surface area contributed by atoms with Gasteiger partial charge in [0.05, 0.1) is 6.61 Å². The van der Waals surface area contributed by atoms with Crippen molar-refractivity contribution in [1.29, 1.82) is 0 Å². The zero-order valence-electron chi connectivity index (χ0n) is 11.4. The first-order valence-electron chi connectivity index (χ1n) is 6.32. The summed E-state index contributed by atoms with van der Waals surface area (Å²) >= 11 is 0. The molecule has 0 heterocycles. The monoisotopic (exact) mass is 254 g/mol. The lowest BCUT2D eigenvalue weighted by Crippen LogP contribution is -2.42. The van der Waals surface area contributed by atoms with Crippen molar-refractivity contribution >= 4 is 0 Å². The summed E-state index contributed by atoms with van der Waals surface area (Å²) in [4.78, 5) is 2.12.